The second kappa shape index (κ2) is 8.48. The summed E-state index contributed by atoms with van der Waals surface area (Å²) in [5, 5.41) is 9.26. The Hall–Kier alpha value is -1.95. The van der Waals surface area contributed by atoms with Crippen LogP contribution in [0.5, 0.6) is 0 Å². The van der Waals surface area contributed by atoms with Gasteiger partial charge in [0.25, 0.3) is 0 Å². The molecule has 5 nitrogen and oxygen atoms in total. The van der Waals surface area contributed by atoms with Crippen LogP contribution in [0.1, 0.15) is 19.4 Å². The van der Waals surface area contributed by atoms with Crippen molar-refractivity contribution < 1.29 is 14.7 Å². The van der Waals surface area contributed by atoms with E-state index in [4.69, 9.17) is 5.11 Å². The molecule has 6 heteroatoms. The molecular formula is C16H22N2O3S. The van der Waals surface area contributed by atoms with Gasteiger partial charge in [-0.1, -0.05) is 36.9 Å². The van der Waals surface area contributed by atoms with Crippen molar-refractivity contribution in [3.05, 3.63) is 47.5 Å². The van der Waals surface area contributed by atoms with Gasteiger partial charge in [0, 0.05) is 12.6 Å². The van der Waals surface area contributed by atoms with E-state index in [1.54, 1.807) is 13.8 Å². The Labute approximate surface area is 136 Å². The van der Waals surface area contributed by atoms with E-state index >= 15 is 0 Å². The van der Waals surface area contributed by atoms with Gasteiger partial charge in [0.15, 0.2) is 0 Å². The Kier molecular flexibility index (Phi) is 6.98. The number of carbonyl (C=O) groups excluding carboxylic acids is 1. The zero-order valence-electron chi connectivity index (χ0n) is 12.9. The van der Waals surface area contributed by atoms with E-state index < -0.39 is 12.0 Å². The van der Waals surface area contributed by atoms with E-state index in [1.165, 1.54) is 9.80 Å². The van der Waals surface area contributed by atoms with Crippen LogP contribution in [0.25, 0.3) is 0 Å². The Morgan fingerprint density at radius 1 is 1.27 bits per heavy atom. The van der Waals surface area contributed by atoms with Crippen molar-refractivity contribution in [1.29, 1.82) is 0 Å². The number of rotatable bonds is 7. The quantitative estimate of drug-likeness (QED) is 0.759. The zero-order chi connectivity index (χ0) is 16.7. The predicted octanol–water partition coefficient (Wildman–Crippen LogP) is 2.85. The molecule has 1 aromatic carbocycles. The van der Waals surface area contributed by atoms with Crippen molar-refractivity contribution in [2.75, 3.05) is 13.1 Å². The molecule has 1 rings (SSSR count). The highest BCUT2D eigenvalue weighted by Crippen LogP contribution is 2.14. The average Bonchev–Trinajstić information content (AvgIpc) is 2.45. The van der Waals surface area contributed by atoms with Crippen LogP contribution in [0, 0.1) is 0 Å². The van der Waals surface area contributed by atoms with Crippen LogP contribution < -0.4 is 0 Å². The number of aliphatic carboxylic acids is 1. The van der Waals surface area contributed by atoms with Crippen LogP contribution in [-0.2, 0) is 11.2 Å². The summed E-state index contributed by atoms with van der Waals surface area (Å²) in [5.41, 5.74) is 1.09. The molecule has 2 amide bonds. The highest BCUT2D eigenvalue weighted by atomic mass is 32.1. The van der Waals surface area contributed by atoms with E-state index in [-0.39, 0.29) is 12.6 Å². The van der Waals surface area contributed by atoms with Gasteiger partial charge in [0.2, 0.25) is 0 Å². The summed E-state index contributed by atoms with van der Waals surface area (Å²) >= 11 is 4.17. The van der Waals surface area contributed by atoms with Gasteiger partial charge in [-0.25, -0.2) is 4.79 Å². The Morgan fingerprint density at radius 2 is 1.86 bits per heavy atom. The summed E-state index contributed by atoms with van der Waals surface area (Å²) < 4.78 is 0. The molecular weight excluding hydrogens is 300 g/mol. The molecule has 0 saturated carbocycles. The number of amides is 2. The molecule has 0 radical (unpaired) electrons. The van der Waals surface area contributed by atoms with Crippen LogP contribution in [0.15, 0.2) is 41.9 Å². The van der Waals surface area contributed by atoms with Crippen molar-refractivity contribution >= 4 is 24.6 Å². The fourth-order valence-electron chi connectivity index (χ4n) is 1.99. The number of benzene rings is 1. The highest BCUT2D eigenvalue weighted by Gasteiger charge is 2.25. The number of urea groups is 1. The van der Waals surface area contributed by atoms with E-state index in [9.17, 15) is 9.59 Å². The van der Waals surface area contributed by atoms with Crippen molar-refractivity contribution in [2.24, 2.45) is 0 Å². The van der Waals surface area contributed by atoms with Crippen molar-refractivity contribution in [1.82, 2.24) is 9.80 Å². The molecule has 0 bridgehead atoms. The van der Waals surface area contributed by atoms with E-state index in [0.717, 1.165) is 5.56 Å². The van der Waals surface area contributed by atoms with Gasteiger partial charge in [-0.05, 0) is 25.8 Å². The maximum absolute atomic E-state index is 12.6. The first-order valence-electron chi connectivity index (χ1n) is 7.04. The molecule has 1 N–H and O–H groups in total. The van der Waals surface area contributed by atoms with Crippen LogP contribution in [0.2, 0.25) is 0 Å². The van der Waals surface area contributed by atoms with E-state index in [1.807, 2.05) is 30.3 Å². The number of thiol groups is 1. The van der Waals surface area contributed by atoms with Crippen LogP contribution in [0.3, 0.4) is 0 Å². The molecule has 0 spiro atoms. The van der Waals surface area contributed by atoms with Gasteiger partial charge < -0.3 is 10.0 Å². The van der Waals surface area contributed by atoms with Crippen LogP contribution in [-0.4, -0.2) is 46.0 Å². The normalized spacial score (nSPS) is 10.4. The average molecular weight is 322 g/mol. The minimum atomic E-state index is -1.05. The lowest BCUT2D eigenvalue weighted by molar-refractivity contribution is -0.138. The van der Waals surface area contributed by atoms with Crippen LogP contribution >= 0.6 is 12.6 Å². The molecule has 0 aliphatic rings. The third kappa shape index (κ3) is 5.44. The number of hydrogen-bond acceptors (Lipinski definition) is 3. The van der Waals surface area contributed by atoms with Crippen LogP contribution in [0.4, 0.5) is 4.79 Å². The highest BCUT2D eigenvalue weighted by molar-refractivity contribution is 7.84. The lowest BCUT2D eigenvalue weighted by Crippen LogP contribution is -2.48. The summed E-state index contributed by atoms with van der Waals surface area (Å²) in [4.78, 5) is 26.2. The predicted molar refractivity (Wildman–Crippen MR) is 89.9 cm³/mol. The summed E-state index contributed by atoms with van der Waals surface area (Å²) in [6.45, 7) is 7.30. The van der Waals surface area contributed by atoms with Gasteiger partial charge in [0.05, 0.1) is 5.03 Å². The zero-order valence-corrected chi connectivity index (χ0v) is 13.8. The molecule has 0 aliphatic carbocycles. The third-order valence-electron chi connectivity index (χ3n) is 3.18. The first kappa shape index (κ1) is 18.1. The van der Waals surface area contributed by atoms with Crippen molar-refractivity contribution in [3.63, 3.8) is 0 Å². The fourth-order valence-corrected chi connectivity index (χ4v) is 2.18. The topological polar surface area (TPSA) is 60.9 Å². The van der Waals surface area contributed by atoms with Crippen molar-refractivity contribution in [3.8, 4) is 0 Å². The second-order valence-electron chi connectivity index (χ2n) is 5.20. The number of carboxylic acid groups (broad SMARTS) is 1. The monoisotopic (exact) mass is 322 g/mol. The van der Waals surface area contributed by atoms with Crippen molar-refractivity contribution in [2.45, 2.75) is 26.3 Å². The molecule has 0 fully saturated rings. The molecule has 120 valence electrons. The lowest BCUT2D eigenvalue weighted by atomic mass is 10.1. The number of carbonyl (C=O) groups is 2. The van der Waals surface area contributed by atoms with Gasteiger partial charge in [-0.3, -0.25) is 9.69 Å². The Bertz CT molecular complexity index is 531. The molecule has 0 atom stereocenters. The molecule has 0 aliphatic heterocycles. The lowest BCUT2D eigenvalue weighted by Gasteiger charge is -2.32. The Morgan fingerprint density at radius 3 is 2.32 bits per heavy atom. The standard InChI is InChI=1S/C16H22N2O3S/c1-12(2)18(11-15(19)20)16(21)17(13(3)22)10-9-14-7-5-4-6-8-14/h4-8,12,22H,3,9-11H2,1-2H3,(H,19,20). The summed E-state index contributed by atoms with van der Waals surface area (Å²) in [6.07, 6.45) is 0.644. The molecule has 0 aromatic heterocycles. The maximum Gasteiger partial charge on any atom is 0.325 e. The van der Waals surface area contributed by atoms with E-state index in [0.29, 0.717) is 18.0 Å². The smallest absolute Gasteiger partial charge is 0.325 e. The second-order valence-corrected chi connectivity index (χ2v) is 5.72. The number of hydrogen-bond donors (Lipinski definition) is 2. The summed E-state index contributed by atoms with van der Waals surface area (Å²) in [6, 6.07) is 9.12. The minimum Gasteiger partial charge on any atom is -0.480 e. The molecule has 0 heterocycles. The molecule has 0 unspecified atom stereocenters. The minimum absolute atomic E-state index is 0.226. The van der Waals surface area contributed by atoms with E-state index in [2.05, 4.69) is 19.2 Å². The van der Waals surface area contributed by atoms with Gasteiger partial charge in [0.1, 0.15) is 6.54 Å². The van der Waals surface area contributed by atoms with Gasteiger partial charge in [-0.15, -0.1) is 12.6 Å². The fraction of sp³-hybridized carbons (Fsp3) is 0.375. The Balaban J connectivity index is 2.82. The molecule has 22 heavy (non-hydrogen) atoms. The number of nitrogens with zero attached hydrogens (tertiary/aromatic N) is 2. The third-order valence-corrected chi connectivity index (χ3v) is 3.43. The largest absolute Gasteiger partial charge is 0.480 e. The molecule has 1 aromatic rings. The SMILES string of the molecule is C=C(S)N(CCc1ccccc1)C(=O)N(CC(=O)O)C(C)C. The first-order valence-corrected chi connectivity index (χ1v) is 7.49. The summed E-state index contributed by atoms with van der Waals surface area (Å²) in [7, 11) is 0. The van der Waals surface area contributed by atoms with Gasteiger partial charge in [-0.2, -0.15) is 0 Å². The first-order chi connectivity index (χ1) is 10.3. The van der Waals surface area contributed by atoms with Gasteiger partial charge >= 0.3 is 12.0 Å². The molecule has 0 saturated heterocycles. The summed E-state index contributed by atoms with van der Waals surface area (Å²) in [5.74, 6) is -1.05. The maximum atomic E-state index is 12.6. The number of carboxylic acids is 1.